The fourth-order valence-electron chi connectivity index (χ4n) is 2.76. The summed E-state index contributed by atoms with van der Waals surface area (Å²) in [5.74, 6) is 1.52. The Morgan fingerprint density at radius 1 is 1.43 bits per heavy atom. The van der Waals surface area contributed by atoms with Crippen LogP contribution in [0.4, 0.5) is 19.3 Å². The summed E-state index contributed by atoms with van der Waals surface area (Å²) in [5.41, 5.74) is 0.702. The summed E-state index contributed by atoms with van der Waals surface area (Å²) in [5, 5.41) is 8.84. The van der Waals surface area contributed by atoms with Crippen LogP contribution in [0.2, 0.25) is 0 Å². The second-order valence-corrected chi connectivity index (χ2v) is 8.87. The Balaban J connectivity index is 2.31. The van der Waals surface area contributed by atoms with Gasteiger partial charge in [0, 0.05) is 12.7 Å². The minimum Gasteiger partial charge on any atom is -0.444 e. The third kappa shape index (κ3) is 3.93. The first-order valence-electron chi connectivity index (χ1n) is 7.98. The summed E-state index contributed by atoms with van der Waals surface area (Å²) in [6.45, 7) is 2.23. The Bertz CT molecular complexity index is 962. The molecule has 2 N–H and O–H groups in total. The number of amides is 2. The molecular weight excluding hydrogens is 398 g/mol. The van der Waals surface area contributed by atoms with Crippen LogP contribution in [0.5, 0.6) is 0 Å². The first-order valence-corrected chi connectivity index (χ1v) is 9.87. The number of ether oxygens (including phenoxy) is 1. The number of benzene rings is 1. The summed E-state index contributed by atoms with van der Waals surface area (Å²) in [7, 11) is -4.01. The number of cyclic esters (lactones) is 1. The number of hydroxylamine groups is 1. The van der Waals surface area contributed by atoms with E-state index in [9.17, 15) is 26.8 Å². The van der Waals surface area contributed by atoms with E-state index in [1.807, 2.05) is 0 Å². The van der Waals surface area contributed by atoms with Gasteiger partial charge in [-0.15, -0.1) is 5.92 Å². The highest BCUT2D eigenvalue weighted by atomic mass is 32.2. The highest BCUT2D eigenvalue weighted by Crippen LogP contribution is 2.31. The Morgan fingerprint density at radius 2 is 2.00 bits per heavy atom. The molecule has 0 spiro atoms. The summed E-state index contributed by atoms with van der Waals surface area (Å²) < 4.78 is 55.2. The minimum atomic E-state index is -4.01. The molecular formula is C17H18F2N2O6S. The van der Waals surface area contributed by atoms with Crippen LogP contribution in [-0.2, 0) is 19.4 Å². The van der Waals surface area contributed by atoms with Gasteiger partial charge in [0.1, 0.15) is 17.7 Å². The quantitative estimate of drug-likeness (QED) is 0.426. The number of carbonyl (C=O) groups is 2. The molecule has 1 fully saturated rings. The number of nitrogens with zero attached hydrogens (tertiary/aromatic N) is 1. The maximum absolute atomic E-state index is 14.1. The Morgan fingerprint density at radius 3 is 2.46 bits per heavy atom. The van der Waals surface area contributed by atoms with Crippen LogP contribution in [0.1, 0.15) is 25.8 Å². The molecule has 1 aromatic rings. The zero-order chi connectivity index (χ0) is 21.3. The number of rotatable bonds is 5. The van der Waals surface area contributed by atoms with Gasteiger partial charge in [-0.25, -0.2) is 27.5 Å². The van der Waals surface area contributed by atoms with Gasteiger partial charge in [-0.1, -0.05) is 5.92 Å². The SMILES string of the molecule is CC#Cc1c(F)cc(N2C[C@H](C[C@](C)(C(=O)NO)S(C)(=O)=O)OC2=O)cc1F. The van der Waals surface area contributed by atoms with Gasteiger partial charge in [0.15, 0.2) is 14.6 Å². The molecule has 0 aliphatic carbocycles. The minimum absolute atomic E-state index is 0.142. The van der Waals surface area contributed by atoms with E-state index in [1.54, 1.807) is 0 Å². The predicted molar refractivity (Wildman–Crippen MR) is 94.3 cm³/mol. The van der Waals surface area contributed by atoms with Crippen molar-refractivity contribution >= 4 is 27.5 Å². The molecule has 1 saturated heterocycles. The van der Waals surface area contributed by atoms with Gasteiger partial charge in [0.25, 0.3) is 5.91 Å². The Kier molecular flexibility index (Phi) is 5.96. The van der Waals surface area contributed by atoms with Gasteiger partial charge in [-0.05, 0) is 26.0 Å². The van der Waals surface area contributed by atoms with Gasteiger partial charge in [-0.3, -0.25) is 14.9 Å². The predicted octanol–water partition coefficient (Wildman–Crippen LogP) is 1.36. The lowest BCUT2D eigenvalue weighted by molar-refractivity contribution is -0.132. The lowest BCUT2D eigenvalue weighted by Crippen LogP contribution is -2.51. The number of hydrogen-bond donors (Lipinski definition) is 2. The molecule has 0 unspecified atom stereocenters. The van der Waals surface area contributed by atoms with Crippen LogP contribution in [-0.4, -0.2) is 49.3 Å². The van der Waals surface area contributed by atoms with E-state index >= 15 is 0 Å². The van der Waals surface area contributed by atoms with Gasteiger partial charge in [0.2, 0.25) is 0 Å². The molecule has 28 heavy (non-hydrogen) atoms. The van der Waals surface area contributed by atoms with Crippen LogP contribution in [0, 0.1) is 23.5 Å². The van der Waals surface area contributed by atoms with Crippen molar-refractivity contribution in [3.63, 3.8) is 0 Å². The first-order chi connectivity index (χ1) is 12.9. The van der Waals surface area contributed by atoms with E-state index in [4.69, 9.17) is 9.94 Å². The number of sulfone groups is 1. The number of anilines is 1. The van der Waals surface area contributed by atoms with E-state index in [-0.39, 0.29) is 12.2 Å². The molecule has 1 aliphatic rings. The third-order valence-electron chi connectivity index (χ3n) is 4.48. The van der Waals surface area contributed by atoms with E-state index in [1.165, 1.54) is 12.4 Å². The normalized spacial score (nSPS) is 18.7. The van der Waals surface area contributed by atoms with Gasteiger partial charge < -0.3 is 4.74 Å². The van der Waals surface area contributed by atoms with Crippen LogP contribution in [0.25, 0.3) is 0 Å². The van der Waals surface area contributed by atoms with Crippen molar-refractivity contribution in [3.8, 4) is 11.8 Å². The molecule has 2 rings (SSSR count). The summed E-state index contributed by atoms with van der Waals surface area (Å²) in [4.78, 5) is 24.9. The Labute approximate surface area is 160 Å². The van der Waals surface area contributed by atoms with E-state index < -0.39 is 56.3 Å². The monoisotopic (exact) mass is 416 g/mol. The van der Waals surface area contributed by atoms with Crippen molar-refractivity contribution in [2.24, 2.45) is 0 Å². The summed E-state index contributed by atoms with van der Waals surface area (Å²) >= 11 is 0. The molecule has 2 amide bonds. The molecule has 11 heteroatoms. The molecule has 2 atom stereocenters. The van der Waals surface area contributed by atoms with E-state index in [0.717, 1.165) is 30.2 Å². The molecule has 1 heterocycles. The fourth-order valence-corrected chi connectivity index (χ4v) is 3.63. The maximum Gasteiger partial charge on any atom is 0.414 e. The Hall–Kier alpha value is -2.71. The lowest BCUT2D eigenvalue weighted by Gasteiger charge is -2.26. The zero-order valence-corrected chi connectivity index (χ0v) is 16.1. The molecule has 152 valence electrons. The number of hydrogen-bond acceptors (Lipinski definition) is 6. The van der Waals surface area contributed by atoms with Crippen LogP contribution in [0.15, 0.2) is 12.1 Å². The third-order valence-corrected chi connectivity index (χ3v) is 6.47. The molecule has 1 aromatic carbocycles. The molecule has 0 saturated carbocycles. The van der Waals surface area contributed by atoms with Gasteiger partial charge >= 0.3 is 6.09 Å². The summed E-state index contributed by atoms with van der Waals surface area (Å²) in [6.07, 6.45) is -1.70. The second-order valence-electron chi connectivity index (χ2n) is 6.42. The van der Waals surface area contributed by atoms with Crippen molar-refractivity contribution in [2.75, 3.05) is 17.7 Å². The first kappa shape index (κ1) is 21.6. The highest BCUT2D eigenvalue weighted by Gasteiger charge is 2.48. The molecule has 0 radical (unpaired) electrons. The average molecular weight is 416 g/mol. The molecule has 1 aliphatic heterocycles. The standard InChI is InChI=1S/C17H18F2N2O6S/c1-4-5-12-13(18)6-10(7-14(12)19)21-9-11(27-16(21)23)8-17(2,15(22)20-24)28(3,25)26/h6-7,11,24H,8-9H2,1-3H3,(H,20,22)/t11-,17+/m0/s1. The maximum atomic E-state index is 14.1. The second kappa shape index (κ2) is 7.73. The molecule has 0 aromatic heterocycles. The van der Waals surface area contributed by atoms with Crippen LogP contribution in [0.3, 0.4) is 0 Å². The van der Waals surface area contributed by atoms with Crippen molar-refractivity contribution in [2.45, 2.75) is 31.1 Å². The largest absolute Gasteiger partial charge is 0.444 e. The topological polar surface area (TPSA) is 113 Å². The van der Waals surface area contributed by atoms with Gasteiger partial charge in [-0.2, -0.15) is 0 Å². The highest BCUT2D eigenvalue weighted by molar-refractivity contribution is 7.92. The van der Waals surface area contributed by atoms with Crippen molar-refractivity contribution in [1.29, 1.82) is 0 Å². The smallest absolute Gasteiger partial charge is 0.414 e. The van der Waals surface area contributed by atoms with Gasteiger partial charge in [0.05, 0.1) is 17.8 Å². The number of halogens is 2. The van der Waals surface area contributed by atoms with Crippen LogP contribution < -0.4 is 10.4 Å². The molecule has 0 bridgehead atoms. The fraction of sp³-hybridized carbons (Fsp3) is 0.412. The number of carbonyl (C=O) groups excluding carboxylic acids is 2. The van der Waals surface area contributed by atoms with Crippen LogP contribution >= 0.6 is 0 Å². The molecule has 8 nitrogen and oxygen atoms in total. The van der Waals surface area contributed by atoms with Crippen molar-refractivity contribution in [3.05, 3.63) is 29.3 Å². The van der Waals surface area contributed by atoms with E-state index in [0.29, 0.717) is 0 Å². The van der Waals surface area contributed by atoms with E-state index in [2.05, 4.69) is 11.8 Å². The lowest BCUT2D eigenvalue weighted by atomic mass is 10.0. The zero-order valence-electron chi connectivity index (χ0n) is 15.2. The summed E-state index contributed by atoms with van der Waals surface area (Å²) in [6, 6.07) is 1.81. The average Bonchev–Trinajstić information content (AvgIpc) is 2.96. The van der Waals surface area contributed by atoms with Crippen molar-refractivity contribution in [1.82, 2.24) is 5.48 Å². The van der Waals surface area contributed by atoms with Crippen molar-refractivity contribution < 1.29 is 36.7 Å². The number of nitrogens with one attached hydrogen (secondary N) is 1.